The van der Waals surface area contributed by atoms with E-state index in [4.69, 9.17) is 14.8 Å². The van der Waals surface area contributed by atoms with Crippen LogP contribution in [0.3, 0.4) is 0 Å². The zero-order valence-corrected chi connectivity index (χ0v) is 12.3. The van der Waals surface area contributed by atoms with Gasteiger partial charge in [-0.15, -0.1) is 0 Å². The third-order valence-corrected chi connectivity index (χ3v) is 4.22. The Morgan fingerprint density at radius 2 is 1.95 bits per heavy atom. The van der Waals surface area contributed by atoms with E-state index in [0.29, 0.717) is 24.2 Å². The van der Waals surface area contributed by atoms with Crippen LogP contribution in [0.1, 0.15) is 33.1 Å². The van der Waals surface area contributed by atoms with E-state index in [9.17, 15) is 0 Å². The normalized spacial score (nSPS) is 23.0. The molecule has 0 radical (unpaired) electrons. The number of hydrogen-bond donors (Lipinski definition) is 2. The molecule has 1 aliphatic rings. The highest BCUT2D eigenvalue weighted by Crippen LogP contribution is 2.25. The lowest BCUT2D eigenvalue weighted by Crippen LogP contribution is -2.37. The molecule has 1 aromatic carbocycles. The first-order chi connectivity index (χ1) is 9.61. The van der Waals surface area contributed by atoms with Gasteiger partial charge in [0.15, 0.2) is 0 Å². The van der Waals surface area contributed by atoms with Crippen molar-refractivity contribution in [2.24, 2.45) is 0 Å². The van der Waals surface area contributed by atoms with Gasteiger partial charge in [0.05, 0.1) is 0 Å². The summed E-state index contributed by atoms with van der Waals surface area (Å²) in [6.45, 7) is 6.15. The van der Waals surface area contributed by atoms with E-state index in [1.807, 2.05) is 0 Å². The van der Waals surface area contributed by atoms with Gasteiger partial charge in [0.25, 0.3) is 0 Å². The first kappa shape index (κ1) is 15.4. The Balaban J connectivity index is 1.80. The third kappa shape index (κ3) is 3.75. The van der Waals surface area contributed by atoms with E-state index in [1.54, 1.807) is 24.3 Å². The van der Waals surface area contributed by atoms with Crippen LogP contribution in [0.2, 0.25) is 0 Å². The number of likely N-dealkylation sites (tertiary alicyclic amines) is 1. The molecule has 1 aliphatic heterocycles. The summed E-state index contributed by atoms with van der Waals surface area (Å²) in [4.78, 5) is 2.53. The van der Waals surface area contributed by atoms with Gasteiger partial charge in [0.1, 0.15) is 12.4 Å². The van der Waals surface area contributed by atoms with Gasteiger partial charge >= 0.3 is 7.12 Å². The van der Waals surface area contributed by atoms with Crippen molar-refractivity contribution in [2.75, 3.05) is 13.2 Å². The molecule has 2 rings (SSSR count). The van der Waals surface area contributed by atoms with Crippen molar-refractivity contribution in [3.05, 3.63) is 24.3 Å². The summed E-state index contributed by atoms with van der Waals surface area (Å²) in [6, 6.07) is 8.25. The van der Waals surface area contributed by atoms with Gasteiger partial charge in [-0.2, -0.15) is 0 Å². The van der Waals surface area contributed by atoms with E-state index in [0.717, 1.165) is 12.3 Å². The molecule has 0 spiro atoms. The summed E-state index contributed by atoms with van der Waals surface area (Å²) in [5.74, 6) is 0.772. The van der Waals surface area contributed by atoms with Crippen molar-refractivity contribution >= 4 is 12.6 Å². The van der Waals surface area contributed by atoms with E-state index in [2.05, 4.69) is 18.7 Å². The third-order valence-electron chi connectivity index (χ3n) is 4.22. The monoisotopic (exact) mass is 277 g/mol. The molecule has 1 heterocycles. The molecule has 110 valence electrons. The molecule has 0 aliphatic carbocycles. The van der Waals surface area contributed by atoms with Crippen LogP contribution in [-0.4, -0.2) is 47.3 Å². The van der Waals surface area contributed by atoms with Crippen LogP contribution < -0.4 is 10.2 Å². The van der Waals surface area contributed by atoms with Crippen LogP contribution >= 0.6 is 0 Å². The number of nitrogens with zero attached hydrogens (tertiary/aromatic N) is 1. The highest BCUT2D eigenvalue weighted by atomic mass is 16.5. The Kier molecular flexibility index (Phi) is 5.46. The molecule has 2 atom stereocenters. The Bertz CT molecular complexity index is 410. The average molecular weight is 277 g/mol. The Morgan fingerprint density at radius 3 is 2.55 bits per heavy atom. The zero-order chi connectivity index (χ0) is 14.5. The van der Waals surface area contributed by atoms with Gasteiger partial charge in [-0.1, -0.05) is 19.1 Å². The van der Waals surface area contributed by atoms with Gasteiger partial charge in [-0.05, 0) is 43.8 Å². The maximum absolute atomic E-state index is 9.03. The molecule has 1 aromatic rings. The molecule has 0 amide bonds. The van der Waals surface area contributed by atoms with Crippen molar-refractivity contribution in [3.8, 4) is 5.75 Å². The lowest BCUT2D eigenvalue weighted by Gasteiger charge is -2.27. The maximum atomic E-state index is 9.03. The van der Waals surface area contributed by atoms with Crippen molar-refractivity contribution in [2.45, 2.75) is 45.2 Å². The fourth-order valence-electron chi connectivity index (χ4n) is 2.97. The second-order valence-corrected chi connectivity index (χ2v) is 5.52. The van der Waals surface area contributed by atoms with E-state index in [-0.39, 0.29) is 0 Å². The second-order valence-electron chi connectivity index (χ2n) is 5.52. The molecule has 0 saturated carbocycles. The van der Waals surface area contributed by atoms with E-state index >= 15 is 0 Å². The minimum absolute atomic E-state index is 0.483. The Hall–Kier alpha value is -1.04. The molecule has 0 aromatic heterocycles. The standard InChI is InChI=1S/C15H24BNO3/c1-3-14-7-4-12(2)17(14)10-11-20-15-8-5-13(6-9-15)16(18)19/h5-6,8-9,12,14,18-19H,3-4,7,10-11H2,1-2H3. The minimum Gasteiger partial charge on any atom is -0.492 e. The Labute approximate surface area is 121 Å². The maximum Gasteiger partial charge on any atom is 0.488 e. The van der Waals surface area contributed by atoms with Gasteiger partial charge in [-0.3, -0.25) is 4.90 Å². The van der Waals surface area contributed by atoms with Gasteiger partial charge in [-0.25, -0.2) is 0 Å². The summed E-state index contributed by atoms with van der Waals surface area (Å²) in [5.41, 5.74) is 0.483. The van der Waals surface area contributed by atoms with Crippen LogP contribution in [0, 0.1) is 0 Å². The summed E-state index contributed by atoms with van der Waals surface area (Å²) in [7, 11) is -1.42. The van der Waals surface area contributed by atoms with Gasteiger partial charge in [0.2, 0.25) is 0 Å². The molecule has 1 saturated heterocycles. The van der Waals surface area contributed by atoms with Crippen LogP contribution in [0.5, 0.6) is 5.75 Å². The first-order valence-electron chi connectivity index (χ1n) is 7.46. The minimum atomic E-state index is -1.42. The highest BCUT2D eigenvalue weighted by Gasteiger charge is 2.28. The van der Waals surface area contributed by atoms with Crippen LogP contribution in [0.25, 0.3) is 0 Å². The van der Waals surface area contributed by atoms with Crippen molar-refractivity contribution in [1.29, 1.82) is 0 Å². The molecule has 2 N–H and O–H groups in total. The first-order valence-corrected chi connectivity index (χ1v) is 7.46. The fraction of sp³-hybridized carbons (Fsp3) is 0.600. The van der Waals surface area contributed by atoms with Crippen LogP contribution in [0.4, 0.5) is 0 Å². The number of hydrogen-bond acceptors (Lipinski definition) is 4. The van der Waals surface area contributed by atoms with Crippen molar-refractivity contribution in [1.82, 2.24) is 4.90 Å². The van der Waals surface area contributed by atoms with E-state index < -0.39 is 7.12 Å². The predicted molar refractivity (Wildman–Crippen MR) is 81.2 cm³/mol. The molecule has 4 nitrogen and oxygen atoms in total. The molecule has 1 fully saturated rings. The summed E-state index contributed by atoms with van der Waals surface area (Å²) in [5, 5.41) is 18.1. The van der Waals surface area contributed by atoms with E-state index in [1.165, 1.54) is 19.3 Å². The molecule has 0 bridgehead atoms. The zero-order valence-electron chi connectivity index (χ0n) is 12.3. The van der Waals surface area contributed by atoms with Gasteiger partial charge < -0.3 is 14.8 Å². The summed E-state index contributed by atoms with van der Waals surface area (Å²) >= 11 is 0. The van der Waals surface area contributed by atoms with Crippen molar-refractivity contribution < 1.29 is 14.8 Å². The average Bonchev–Trinajstić information content (AvgIpc) is 2.80. The summed E-state index contributed by atoms with van der Waals surface area (Å²) < 4.78 is 5.74. The topological polar surface area (TPSA) is 52.9 Å². The smallest absolute Gasteiger partial charge is 0.488 e. The SMILES string of the molecule is CCC1CCC(C)N1CCOc1ccc(B(O)O)cc1. The van der Waals surface area contributed by atoms with Crippen molar-refractivity contribution in [3.63, 3.8) is 0 Å². The Morgan fingerprint density at radius 1 is 1.25 bits per heavy atom. The molecule has 2 unspecified atom stereocenters. The fourth-order valence-corrected chi connectivity index (χ4v) is 2.97. The quantitative estimate of drug-likeness (QED) is 0.762. The summed E-state index contributed by atoms with van der Waals surface area (Å²) in [6.07, 6.45) is 3.77. The molecule has 5 heteroatoms. The number of rotatable bonds is 6. The highest BCUT2D eigenvalue weighted by molar-refractivity contribution is 6.58. The molecular weight excluding hydrogens is 253 g/mol. The largest absolute Gasteiger partial charge is 0.492 e. The second kappa shape index (κ2) is 7.11. The molecular formula is C15H24BNO3. The molecule has 20 heavy (non-hydrogen) atoms. The predicted octanol–water partition coefficient (Wildman–Crippen LogP) is 1.01. The number of ether oxygens (including phenoxy) is 1. The number of benzene rings is 1. The van der Waals surface area contributed by atoms with Crippen LogP contribution in [0.15, 0.2) is 24.3 Å². The lowest BCUT2D eigenvalue weighted by molar-refractivity contribution is 0.159. The lowest BCUT2D eigenvalue weighted by atomic mass is 9.80. The van der Waals surface area contributed by atoms with Crippen LogP contribution in [-0.2, 0) is 0 Å². The van der Waals surface area contributed by atoms with Gasteiger partial charge in [0, 0.05) is 18.6 Å².